The van der Waals surface area contributed by atoms with E-state index >= 15 is 0 Å². The molecule has 1 aliphatic rings. The normalized spacial score (nSPS) is 19.7. The van der Waals surface area contributed by atoms with Gasteiger partial charge in [-0.3, -0.25) is 4.99 Å². The number of hydrogen-bond acceptors (Lipinski definition) is 3. The van der Waals surface area contributed by atoms with Crippen molar-refractivity contribution in [1.82, 2.24) is 10.6 Å². The predicted octanol–water partition coefficient (Wildman–Crippen LogP) is 2.97. The second-order valence-corrected chi connectivity index (χ2v) is 9.72. The van der Waals surface area contributed by atoms with E-state index in [9.17, 15) is 12.8 Å². The van der Waals surface area contributed by atoms with Crippen molar-refractivity contribution in [2.45, 2.75) is 25.7 Å². The molecule has 1 atom stereocenters. The van der Waals surface area contributed by atoms with Crippen LogP contribution in [0.5, 0.6) is 0 Å². The van der Waals surface area contributed by atoms with Gasteiger partial charge in [-0.1, -0.05) is 31.5 Å². The number of rotatable bonds is 5. The van der Waals surface area contributed by atoms with Crippen LogP contribution in [0.2, 0.25) is 5.02 Å². The molecule has 0 saturated carbocycles. The number of halogens is 3. The van der Waals surface area contributed by atoms with E-state index in [4.69, 9.17) is 11.6 Å². The van der Waals surface area contributed by atoms with Gasteiger partial charge in [-0.2, -0.15) is 0 Å². The number of nitrogens with zero attached hydrogens (tertiary/aromatic N) is 1. The van der Waals surface area contributed by atoms with Gasteiger partial charge in [0.2, 0.25) is 0 Å². The molecule has 1 aromatic carbocycles. The number of sulfone groups is 1. The molecule has 0 bridgehead atoms. The van der Waals surface area contributed by atoms with Crippen LogP contribution in [-0.4, -0.2) is 46.0 Å². The number of hydrogen-bond donors (Lipinski definition) is 2. The Kier molecular flexibility index (Phi) is 8.60. The maximum Gasteiger partial charge on any atom is 0.191 e. The van der Waals surface area contributed by atoms with Crippen LogP contribution in [0.15, 0.2) is 23.2 Å². The summed E-state index contributed by atoms with van der Waals surface area (Å²) < 4.78 is 36.3. The molecule has 1 saturated heterocycles. The molecule has 26 heavy (non-hydrogen) atoms. The van der Waals surface area contributed by atoms with Crippen LogP contribution in [0.4, 0.5) is 4.39 Å². The van der Waals surface area contributed by atoms with E-state index in [1.165, 1.54) is 12.1 Å². The summed E-state index contributed by atoms with van der Waals surface area (Å²) in [6, 6.07) is 4.40. The molecule has 1 fully saturated rings. The molecule has 0 radical (unpaired) electrons. The van der Waals surface area contributed by atoms with Crippen LogP contribution >= 0.6 is 35.6 Å². The standard InChI is InChI=1S/C17H25ClFN3O2S.HI/c1-17(2,14-5-4-13(19)8-15(14)18)11-22-16(20-3)21-9-12-6-7-25(23,24)10-12;/h4-5,8,12H,6-7,9-11H2,1-3H3,(H2,20,21,22);1H. The summed E-state index contributed by atoms with van der Waals surface area (Å²) in [4.78, 5) is 4.17. The van der Waals surface area contributed by atoms with Crippen LogP contribution in [0.25, 0.3) is 0 Å². The predicted molar refractivity (Wildman–Crippen MR) is 116 cm³/mol. The van der Waals surface area contributed by atoms with Gasteiger partial charge in [-0.25, -0.2) is 12.8 Å². The van der Waals surface area contributed by atoms with E-state index < -0.39 is 9.84 Å². The Balaban J connectivity index is 0.00000338. The maximum absolute atomic E-state index is 13.2. The van der Waals surface area contributed by atoms with E-state index in [-0.39, 0.29) is 52.6 Å². The van der Waals surface area contributed by atoms with Crippen molar-refractivity contribution >= 4 is 51.4 Å². The Morgan fingerprint density at radius 1 is 1.38 bits per heavy atom. The van der Waals surface area contributed by atoms with Gasteiger partial charge in [0, 0.05) is 30.6 Å². The fourth-order valence-electron chi connectivity index (χ4n) is 2.93. The second-order valence-electron chi connectivity index (χ2n) is 7.08. The van der Waals surface area contributed by atoms with Gasteiger partial charge in [-0.05, 0) is 30.0 Å². The molecule has 1 unspecified atom stereocenters. The third kappa shape index (κ3) is 6.53. The summed E-state index contributed by atoms with van der Waals surface area (Å²) in [5, 5.41) is 6.80. The number of guanidine groups is 1. The van der Waals surface area contributed by atoms with Crippen LogP contribution in [0.3, 0.4) is 0 Å². The number of aliphatic imine (C=N–C) groups is 1. The molecule has 1 aromatic rings. The van der Waals surface area contributed by atoms with Gasteiger partial charge in [0.25, 0.3) is 0 Å². The van der Waals surface area contributed by atoms with Crippen LogP contribution in [-0.2, 0) is 15.3 Å². The molecule has 0 aromatic heterocycles. The molecule has 2 N–H and O–H groups in total. The fourth-order valence-corrected chi connectivity index (χ4v) is 5.22. The third-order valence-corrected chi connectivity index (χ3v) is 6.62. The molecule has 9 heteroatoms. The van der Waals surface area contributed by atoms with E-state index in [1.54, 1.807) is 13.1 Å². The number of benzene rings is 1. The van der Waals surface area contributed by atoms with Gasteiger partial charge < -0.3 is 10.6 Å². The highest BCUT2D eigenvalue weighted by molar-refractivity contribution is 14.0. The topological polar surface area (TPSA) is 70.6 Å². The minimum absolute atomic E-state index is 0. The van der Waals surface area contributed by atoms with Crippen molar-refractivity contribution in [3.63, 3.8) is 0 Å². The molecule has 1 heterocycles. The van der Waals surface area contributed by atoms with Crippen molar-refractivity contribution in [3.8, 4) is 0 Å². The second kappa shape index (κ2) is 9.54. The minimum Gasteiger partial charge on any atom is -0.356 e. The highest BCUT2D eigenvalue weighted by atomic mass is 127. The minimum atomic E-state index is -2.88. The van der Waals surface area contributed by atoms with E-state index in [0.717, 1.165) is 5.56 Å². The Morgan fingerprint density at radius 3 is 2.62 bits per heavy atom. The largest absolute Gasteiger partial charge is 0.356 e. The first-order chi connectivity index (χ1) is 11.6. The Labute approximate surface area is 177 Å². The van der Waals surface area contributed by atoms with Crippen LogP contribution in [0, 0.1) is 11.7 Å². The summed E-state index contributed by atoms with van der Waals surface area (Å²) in [5.74, 6) is 0.856. The fraction of sp³-hybridized carbons (Fsp3) is 0.588. The lowest BCUT2D eigenvalue weighted by atomic mass is 9.84. The molecule has 0 aliphatic carbocycles. The zero-order valence-corrected chi connectivity index (χ0v) is 19.1. The molecule has 1 aliphatic heterocycles. The Morgan fingerprint density at radius 2 is 2.08 bits per heavy atom. The molecular weight excluding hydrogens is 492 g/mol. The first kappa shape index (κ1) is 23.4. The quantitative estimate of drug-likeness (QED) is 0.358. The van der Waals surface area contributed by atoms with Crippen molar-refractivity contribution in [2.75, 3.05) is 31.6 Å². The summed E-state index contributed by atoms with van der Waals surface area (Å²) in [5.41, 5.74) is 0.513. The van der Waals surface area contributed by atoms with Crippen molar-refractivity contribution < 1.29 is 12.8 Å². The van der Waals surface area contributed by atoms with E-state index in [1.807, 2.05) is 13.8 Å². The Hall–Kier alpha value is -0.610. The molecule has 148 valence electrons. The monoisotopic (exact) mass is 517 g/mol. The first-order valence-corrected chi connectivity index (χ1v) is 10.4. The lowest BCUT2D eigenvalue weighted by Gasteiger charge is -2.28. The third-order valence-electron chi connectivity index (χ3n) is 4.47. The highest BCUT2D eigenvalue weighted by Gasteiger charge is 2.28. The summed E-state index contributed by atoms with van der Waals surface area (Å²) in [7, 11) is -1.21. The smallest absolute Gasteiger partial charge is 0.191 e. The Bertz CT molecular complexity index is 756. The SMILES string of the molecule is CN=C(NCC1CCS(=O)(=O)C1)NCC(C)(C)c1ccc(F)cc1Cl.I. The summed E-state index contributed by atoms with van der Waals surface area (Å²) in [6.45, 7) is 5.13. The van der Waals surface area contributed by atoms with Gasteiger partial charge in [0.05, 0.1) is 11.5 Å². The maximum atomic E-state index is 13.2. The van der Waals surface area contributed by atoms with Gasteiger partial charge in [0.1, 0.15) is 5.82 Å². The molecule has 5 nitrogen and oxygen atoms in total. The molecular formula is C17H26ClFIN3O2S. The first-order valence-electron chi connectivity index (χ1n) is 8.23. The van der Waals surface area contributed by atoms with Crippen molar-refractivity contribution in [1.29, 1.82) is 0 Å². The van der Waals surface area contributed by atoms with E-state index in [2.05, 4.69) is 15.6 Å². The zero-order chi connectivity index (χ0) is 18.7. The van der Waals surface area contributed by atoms with Gasteiger partial charge in [0.15, 0.2) is 15.8 Å². The summed E-state index contributed by atoms with van der Waals surface area (Å²) in [6.07, 6.45) is 0.684. The molecule has 0 spiro atoms. The molecule has 0 amide bonds. The lowest BCUT2D eigenvalue weighted by Crippen LogP contribution is -2.45. The average molecular weight is 518 g/mol. The molecule has 2 rings (SSSR count). The average Bonchev–Trinajstić information content (AvgIpc) is 2.86. The van der Waals surface area contributed by atoms with Crippen LogP contribution < -0.4 is 10.6 Å². The van der Waals surface area contributed by atoms with Gasteiger partial charge >= 0.3 is 0 Å². The van der Waals surface area contributed by atoms with Crippen molar-refractivity contribution in [3.05, 3.63) is 34.6 Å². The van der Waals surface area contributed by atoms with Crippen LogP contribution in [0.1, 0.15) is 25.8 Å². The zero-order valence-electron chi connectivity index (χ0n) is 15.2. The van der Waals surface area contributed by atoms with Crippen molar-refractivity contribution in [2.24, 2.45) is 10.9 Å². The highest BCUT2D eigenvalue weighted by Crippen LogP contribution is 2.29. The lowest BCUT2D eigenvalue weighted by molar-refractivity contribution is 0.502. The summed E-state index contributed by atoms with van der Waals surface area (Å²) >= 11 is 6.17. The number of nitrogens with one attached hydrogen (secondary N) is 2. The van der Waals surface area contributed by atoms with E-state index in [0.29, 0.717) is 30.5 Å². The van der Waals surface area contributed by atoms with Gasteiger partial charge in [-0.15, -0.1) is 24.0 Å².